The minimum absolute atomic E-state index is 0.0835. The van der Waals surface area contributed by atoms with Crippen LogP contribution in [0, 0.1) is 0 Å². The molecule has 1 unspecified atom stereocenters. The van der Waals surface area contributed by atoms with E-state index in [4.69, 9.17) is 4.74 Å². The predicted molar refractivity (Wildman–Crippen MR) is 110 cm³/mol. The van der Waals surface area contributed by atoms with Crippen LogP contribution >= 0.6 is 11.8 Å². The van der Waals surface area contributed by atoms with Crippen molar-refractivity contribution in [3.05, 3.63) is 35.9 Å². The van der Waals surface area contributed by atoms with Crippen molar-refractivity contribution in [2.75, 3.05) is 44.3 Å². The number of morpholine rings is 1. The summed E-state index contributed by atoms with van der Waals surface area (Å²) in [6.07, 6.45) is -2.58. The third-order valence-corrected chi connectivity index (χ3v) is 6.52. The topological polar surface area (TPSA) is 63.5 Å². The molecule has 2 aromatic rings. The molecule has 1 amide bonds. The van der Waals surface area contributed by atoms with Crippen molar-refractivity contribution in [1.29, 1.82) is 0 Å². The molecular formula is C20H24F3N5O2S. The van der Waals surface area contributed by atoms with E-state index < -0.39 is 18.0 Å². The van der Waals surface area contributed by atoms with E-state index in [1.807, 2.05) is 30.3 Å². The average Bonchev–Trinajstić information content (AvgIpc) is 3.42. The van der Waals surface area contributed by atoms with Crippen LogP contribution in [0.4, 0.5) is 19.1 Å². The van der Waals surface area contributed by atoms with Gasteiger partial charge in [-0.15, -0.1) is 10.2 Å². The number of anilines is 1. The number of nitrogens with zero attached hydrogens (tertiary/aromatic N) is 5. The van der Waals surface area contributed by atoms with Crippen LogP contribution in [0.3, 0.4) is 0 Å². The zero-order valence-corrected chi connectivity index (χ0v) is 17.7. The number of rotatable bonds is 6. The minimum Gasteiger partial charge on any atom is -0.378 e. The lowest BCUT2D eigenvalue weighted by molar-refractivity contribution is -0.141. The first-order valence-corrected chi connectivity index (χ1v) is 11.1. The van der Waals surface area contributed by atoms with Gasteiger partial charge in [-0.3, -0.25) is 9.36 Å². The van der Waals surface area contributed by atoms with Gasteiger partial charge in [0.1, 0.15) is 11.8 Å². The normalized spacial score (nSPS) is 18.4. The number of alkyl halides is 3. The number of hydrogen-bond acceptors (Lipinski definition) is 6. The highest BCUT2D eigenvalue weighted by molar-refractivity contribution is 8.00. The van der Waals surface area contributed by atoms with Gasteiger partial charge in [0, 0.05) is 26.2 Å². The summed E-state index contributed by atoms with van der Waals surface area (Å²) in [4.78, 5) is 16.8. The van der Waals surface area contributed by atoms with Gasteiger partial charge in [0.2, 0.25) is 11.9 Å². The largest absolute Gasteiger partial charge is 0.406 e. The van der Waals surface area contributed by atoms with Crippen LogP contribution in [-0.4, -0.2) is 71.1 Å². The molecule has 2 fully saturated rings. The van der Waals surface area contributed by atoms with Gasteiger partial charge in [-0.2, -0.15) is 13.2 Å². The van der Waals surface area contributed by atoms with Crippen molar-refractivity contribution in [2.45, 2.75) is 36.0 Å². The molecule has 7 nitrogen and oxygen atoms in total. The number of halogens is 3. The number of benzene rings is 1. The Morgan fingerprint density at radius 2 is 1.74 bits per heavy atom. The number of amides is 1. The van der Waals surface area contributed by atoms with E-state index in [1.54, 1.807) is 9.80 Å². The van der Waals surface area contributed by atoms with Gasteiger partial charge in [-0.25, -0.2) is 0 Å². The van der Waals surface area contributed by atoms with Crippen molar-refractivity contribution in [2.24, 2.45) is 0 Å². The second-order valence-corrected chi connectivity index (χ2v) is 8.60. The maximum Gasteiger partial charge on any atom is 0.406 e. The Hall–Kier alpha value is -2.27. The molecule has 31 heavy (non-hydrogen) atoms. The Labute approximate surface area is 182 Å². The number of thioether (sulfide) groups is 1. The molecule has 3 heterocycles. The lowest BCUT2D eigenvalue weighted by atomic mass is 10.1. The van der Waals surface area contributed by atoms with Crippen molar-refractivity contribution < 1.29 is 22.7 Å². The summed E-state index contributed by atoms with van der Waals surface area (Å²) >= 11 is 1.03. The van der Waals surface area contributed by atoms with Gasteiger partial charge in [-0.05, 0) is 18.4 Å². The van der Waals surface area contributed by atoms with Crippen molar-refractivity contribution in [3.63, 3.8) is 0 Å². The summed E-state index contributed by atoms with van der Waals surface area (Å²) in [7, 11) is 0. The fourth-order valence-corrected chi connectivity index (χ4v) is 4.90. The first-order chi connectivity index (χ1) is 14.9. The van der Waals surface area contributed by atoms with E-state index in [-0.39, 0.29) is 17.0 Å². The summed E-state index contributed by atoms with van der Waals surface area (Å²) in [6.45, 7) is 1.83. The van der Waals surface area contributed by atoms with E-state index in [0.717, 1.165) is 34.7 Å². The van der Waals surface area contributed by atoms with Crippen LogP contribution < -0.4 is 4.90 Å². The molecule has 0 saturated carbocycles. The Kier molecular flexibility index (Phi) is 6.71. The van der Waals surface area contributed by atoms with Crippen LogP contribution in [0.1, 0.15) is 23.7 Å². The summed E-state index contributed by atoms with van der Waals surface area (Å²) in [5.41, 5.74) is 0.735. The maximum atomic E-state index is 13.4. The highest BCUT2D eigenvalue weighted by Crippen LogP contribution is 2.38. The number of hydrogen-bond donors (Lipinski definition) is 0. The summed E-state index contributed by atoms with van der Waals surface area (Å²) < 4.78 is 46.6. The molecule has 0 aliphatic carbocycles. The molecule has 168 valence electrons. The fraction of sp³-hybridized carbons (Fsp3) is 0.550. The molecule has 1 aromatic heterocycles. The predicted octanol–water partition coefficient (Wildman–Crippen LogP) is 3.13. The van der Waals surface area contributed by atoms with Crippen molar-refractivity contribution in [1.82, 2.24) is 19.7 Å². The fourth-order valence-electron chi connectivity index (χ4n) is 3.78. The average molecular weight is 456 g/mol. The smallest absolute Gasteiger partial charge is 0.378 e. The monoisotopic (exact) mass is 455 g/mol. The molecule has 1 atom stereocenters. The minimum atomic E-state index is -4.44. The van der Waals surface area contributed by atoms with E-state index in [2.05, 4.69) is 10.2 Å². The highest BCUT2D eigenvalue weighted by Gasteiger charge is 2.35. The molecule has 2 aliphatic heterocycles. The number of carbonyl (C=O) groups excluding carboxylic acids is 1. The SMILES string of the molecule is O=C(C(Sc1nnc(N2CCOCC2)n1CC(F)(F)F)c1ccccc1)N1CCCC1. The molecule has 1 aromatic carbocycles. The zero-order chi connectivity index (χ0) is 21.8. The van der Waals surface area contributed by atoms with Crippen LogP contribution in [0.2, 0.25) is 0 Å². The van der Waals surface area contributed by atoms with Gasteiger partial charge in [0.25, 0.3) is 0 Å². The van der Waals surface area contributed by atoms with Gasteiger partial charge >= 0.3 is 6.18 Å². The van der Waals surface area contributed by atoms with E-state index >= 15 is 0 Å². The Morgan fingerprint density at radius 1 is 1.06 bits per heavy atom. The molecule has 0 bridgehead atoms. The second-order valence-electron chi connectivity index (χ2n) is 7.52. The van der Waals surface area contributed by atoms with Gasteiger partial charge in [0.15, 0.2) is 5.16 Å². The summed E-state index contributed by atoms with van der Waals surface area (Å²) in [6, 6.07) is 9.12. The first kappa shape index (κ1) is 21.9. The van der Waals surface area contributed by atoms with E-state index in [0.29, 0.717) is 39.4 Å². The number of aromatic nitrogens is 3. The number of carbonyl (C=O) groups is 1. The zero-order valence-electron chi connectivity index (χ0n) is 16.9. The van der Waals surface area contributed by atoms with Crippen LogP contribution in [0.15, 0.2) is 35.5 Å². The molecule has 0 N–H and O–H groups in total. The van der Waals surface area contributed by atoms with Crippen molar-refractivity contribution >= 4 is 23.6 Å². The summed E-state index contributed by atoms with van der Waals surface area (Å²) in [5, 5.41) is 7.53. The standard InChI is InChI=1S/C20H24F3N5O2S/c21-20(22,23)14-28-18(27-10-12-30-13-11-27)24-25-19(28)31-16(15-6-2-1-3-7-15)17(29)26-8-4-5-9-26/h1-3,6-7,16H,4-5,8-14H2. The Balaban J connectivity index is 1.67. The number of ether oxygens (including phenoxy) is 1. The summed E-state index contributed by atoms with van der Waals surface area (Å²) in [5.74, 6) is 0.0479. The van der Waals surface area contributed by atoms with Gasteiger partial charge in [-0.1, -0.05) is 42.1 Å². The maximum absolute atomic E-state index is 13.4. The Morgan fingerprint density at radius 3 is 2.39 bits per heavy atom. The molecule has 4 rings (SSSR count). The molecule has 0 radical (unpaired) electrons. The number of likely N-dealkylation sites (tertiary alicyclic amines) is 1. The molecule has 0 spiro atoms. The van der Waals surface area contributed by atoms with E-state index in [1.165, 1.54) is 0 Å². The molecule has 2 saturated heterocycles. The third-order valence-electron chi connectivity index (χ3n) is 5.30. The highest BCUT2D eigenvalue weighted by atomic mass is 32.2. The van der Waals surface area contributed by atoms with Crippen LogP contribution in [-0.2, 0) is 16.1 Å². The quantitative estimate of drug-likeness (QED) is 0.624. The molecule has 11 heteroatoms. The van der Waals surface area contributed by atoms with E-state index in [9.17, 15) is 18.0 Å². The van der Waals surface area contributed by atoms with Crippen LogP contribution in [0.25, 0.3) is 0 Å². The molecule has 2 aliphatic rings. The second kappa shape index (κ2) is 9.47. The molecular weight excluding hydrogens is 431 g/mol. The first-order valence-electron chi connectivity index (χ1n) is 10.3. The van der Waals surface area contributed by atoms with Crippen molar-refractivity contribution in [3.8, 4) is 0 Å². The van der Waals surface area contributed by atoms with Gasteiger partial charge in [0.05, 0.1) is 13.2 Å². The van der Waals surface area contributed by atoms with Gasteiger partial charge < -0.3 is 14.5 Å². The Bertz CT molecular complexity index is 881. The lowest BCUT2D eigenvalue weighted by Gasteiger charge is -2.28. The van der Waals surface area contributed by atoms with Crippen LogP contribution in [0.5, 0.6) is 0 Å². The third kappa shape index (κ3) is 5.32. The lowest BCUT2D eigenvalue weighted by Crippen LogP contribution is -2.38.